The number of fused-ring (bicyclic) bond motifs is 9. The fourth-order valence-corrected chi connectivity index (χ4v) is 12.5. The number of esters is 5. The van der Waals surface area contributed by atoms with Gasteiger partial charge in [0, 0.05) is 49.7 Å². The van der Waals surface area contributed by atoms with Gasteiger partial charge in [-0.05, 0) is 24.3 Å². The monoisotopic (exact) mass is 1190 g/mol. The second kappa shape index (κ2) is 16.4. The van der Waals surface area contributed by atoms with E-state index in [-0.39, 0.29) is 12.1 Å². The Hall–Kier alpha value is -12.4. The number of ether oxygens (including phenoxy) is 6. The van der Waals surface area contributed by atoms with Crippen molar-refractivity contribution >= 4 is 73.9 Å². The van der Waals surface area contributed by atoms with Crippen LogP contribution in [0, 0.1) is 5.92 Å². The molecular weight excluding hydrogens is 1160 g/mol. The summed E-state index contributed by atoms with van der Waals surface area (Å²) in [5.41, 5.74) is -22.8. The summed E-state index contributed by atoms with van der Waals surface area (Å²) in [7, 11) is 0. The number of phenols is 15. The molecule has 7 aliphatic rings. The van der Waals surface area contributed by atoms with Crippen LogP contribution in [0.15, 0.2) is 48.4 Å². The minimum atomic E-state index is -3.42. The minimum Gasteiger partial charge on any atom is -0.504 e. The maximum atomic E-state index is 15.8. The number of benzene rings is 6. The molecule has 0 saturated carbocycles. The lowest BCUT2D eigenvalue weighted by Crippen LogP contribution is -2.65. The zero-order valence-electron chi connectivity index (χ0n) is 41.7. The Balaban J connectivity index is 1.15. The number of rotatable bonds is 0. The Bertz CT molecular complexity index is 4870. The summed E-state index contributed by atoms with van der Waals surface area (Å²) < 4.78 is 46.8. The zero-order valence-corrected chi connectivity index (χ0v) is 41.7. The summed E-state index contributed by atoms with van der Waals surface area (Å²) >= 11 is 0. The van der Waals surface area contributed by atoms with Gasteiger partial charge < -0.3 is 119 Å². The largest absolute Gasteiger partial charge is 0.504 e. The Kier molecular flexibility index (Phi) is 9.88. The van der Waals surface area contributed by atoms with Crippen molar-refractivity contribution in [2.45, 2.75) is 35.9 Å². The van der Waals surface area contributed by atoms with E-state index in [1.54, 1.807) is 0 Å². The van der Waals surface area contributed by atoms with Crippen molar-refractivity contribution in [3.8, 4) is 114 Å². The van der Waals surface area contributed by atoms with Crippen LogP contribution in [-0.2, 0) is 33.3 Å². The number of aliphatic hydroxyl groups is 1. The summed E-state index contributed by atoms with van der Waals surface area (Å²) in [5, 5.41) is 179. The smallest absolute Gasteiger partial charge is 0.344 e. The Labute approximate surface area is 467 Å². The average Bonchev–Trinajstić information content (AvgIpc) is 1.48. The molecule has 15 rings (SSSR count). The van der Waals surface area contributed by atoms with Crippen LogP contribution in [0.5, 0.6) is 92.0 Å². The van der Waals surface area contributed by atoms with E-state index in [9.17, 15) is 96.1 Å². The van der Waals surface area contributed by atoms with Crippen LogP contribution < -0.4 is 16.0 Å². The van der Waals surface area contributed by atoms with Gasteiger partial charge in [0.1, 0.15) is 12.5 Å². The van der Waals surface area contributed by atoms with Crippen LogP contribution >= 0.6 is 0 Å². The molecular formula is C54H28O32. The maximum absolute atomic E-state index is 15.8. The molecule has 1 aliphatic carbocycles. The number of carbonyl (C=O) groups excluding carboxylic acids is 6. The molecule has 32 nitrogen and oxygen atoms in total. The van der Waals surface area contributed by atoms with E-state index in [2.05, 4.69) is 0 Å². The van der Waals surface area contributed by atoms with Crippen molar-refractivity contribution in [1.82, 2.24) is 0 Å². The number of ketones is 1. The first kappa shape index (κ1) is 51.7. The second-order valence-electron chi connectivity index (χ2n) is 20.2. The molecule has 1 spiro atoms. The molecule has 8 aromatic rings. The van der Waals surface area contributed by atoms with Gasteiger partial charge in [-0.25, -0.2) is 28.8 Å². The fraction of sp³-hybridized carbons (Fsp3) is 0.148. The van der Waals surface area contributed by atoms with E-state index in [1.165, 1.54) is 0 Å². The normalized spacial score (nSPS) is 22.7. The van der Waals surface area contributed by atoms with Gasteiger partial charge in [-0.1, -0.05) is 0 Å². The predicted molar refractivity (Wildman–Crippen MR) is 268 cm³/mol. The van der Waals surface area contributed by atoms with Crippen LogP contribution in [-0.4, -0.2) is 154 Å². The standard InChI is InChI=1S/C54H28O32/c55-10-1-6-15(32(63)28(10)59)16-7(2-11(56)29(60)33(16)64)49(74)81-40-14(5-79-47(6)72)80-48(73)8-3-12(57)30(61)34(65)17(8)19-22-20(36(67)38(69)35(19)66)24-27-53(78)84-44(45(40)85-51(22)76)26-25-23-21-18-9(4-13(58)31(62)41(18)83-52(23)77)50(75)82-42(21)39(70)43(25)86-54(26,27)46(71)37(24)68/h1-4,14,26-27,40,44-45,55-70H,5H2. The van der Waals surface area contributed by atoms with Gasteiger partial charge in [0.15, 0.2) is 98.8 Å². The van der Waals surface area contributed by atoms with Gasteiger partial charge in [0.05, 0.1) is 38.9 Å². The highest BCUT2D eigenvalue weighted by Crippen LogP contribution is 2.68. The topological polar surface area (TPSA) is 542 Å². The average molecular weight is 1190 g/mol. The first-order valence-electron chi connectivity index (χ1n) is 24.4. The molecule has 0 radical (unpaired) electrons. The Morgan fingerprint density at radius 3 is 1.52 bits per heavy atom. The van der Waals surface area contributed by atoms with Crippen molar-refractivity contribution in [2.75, 3.05) is 6.61 Å². The van der Waals surface area contributed by atoms with E-state index in [4.69, 9.17) is 37.3 Å². The summed E-state index contributed by atoms with van der Waals surface area (Å²) in [6.07, 6.45) is -11.7. The van der Waals surface area contributed by atoms with Gasteiger partial charge in [0.25, 0.3) is 0 Å². The van der Waals surface area contributed by atoms with Crippen LogP contribution in [0.4, 0.5) is 0 Å². The van der Waals surface area contributed by atoms with Gasteiger partial charge in [-0.3, -0.25) is 9.59 Å². The summed E-state index contributed by atoms with van der Waals surface area (Å²) in [6, 6.07) is 1.60. The maximum Gasteiger partial charge on any atom is 0.344 e. The number of carbonyl (C=O) groups is 6. The number of aliphatic hydroxyl groups excluding tert-OH is 1. The number of hydrogen-bond acceptors (Lipinski definition) is 32. The van der Waals surface area contributed by atoms with E-state index < -0.39 is 287 Å². The number of aromatic hydroxyl groups is 15. The van der Waals surface area contributed by atoms with Crippen LogP contribution in [0.25, 0.3) is 60.5 Å². The minimum absolute atomic E-state index is 0.287. The number of cyclic esters (lactones) is 1. The van der Waals surface area contributed by atoms with Gasteiger partial charge >= 0.3 is 41.1 Å². The molecule has 86 heavy (non-hydrogen) atoms. The lowest BCUT2D eigenvalue weighted by molar-refractivity contribution is -0.199. The highest BCUT2D eigenvalue weighted by Gasteiger charge is 2.76. The molecule has 6 bridgehead atoms. The molecule has 7 unspecified atom stereocenters. The number of phenolic OH excluding ortho intramolecular Hbond substituents is 15. The predicted octanol–water partition coefficient (Wildman–Crippen LogP) is 2.19. The van der Waals surface area contributed by atoms with Crippen LogP contribution in [0.3, 0.4) is 0 Å². The van der Waals surface area contributed by atoms with E-state index in [0.29, 0.717) is 12.1 Å². The highest BCUT2D eigenvalue weighted by molar-refractivity contribution is 6.26. The van der Waals surface area contributed by atoms with Crippen LogP contribution in [0.2, 0.25) is 0 Å². The van der Waals surface area contributed by atoms with Gasteiger partial charge in [-0.15, -0.1) is 0 Å². The molecule has 6 aliphatic heterocycles. The van der Waals surface area contributed by atoms with Gasteiger partial charge in [0.2, 0.25) is 45.9 Å². The SMILES string of the molecule is O=C1OCC2OC(=O)c3cc(O)c(O)c(O)c3-c3c(O)c(O)c(O)c4c3C(=O)OC(C2OC(=O)c2cc(O)c(O)c(O)c2-c2c1cc(O)c(O)c2O)C1OC(=O)C2C4=C(O)C(=O)C23Oc2c(O)c4oc(=O)c5cc(O)c(O)c6oc(=O)c(c2C13)c4c65. The molecule has 0 amide bonds. The van der Waals surface area contributed by atoms with Crippen molar-refractivity contribution < 1.29 is 148 Å². The highest BCUT2D eigenvalue weighted by atomic mass is 16.6. The molecule has 6 aromatic carbocycles. The third-order valence-corrected chi connectivity index (χ3v) is 16.1. The summed E-state index contributed by atoms with van der Waals surface area (Å²) in [6.45, 7) is -1.65. The molecule has 8 heterocycles. The third kappa shape index (κ3) is 6.02. The lowest BCUT2D eigenvalue weighted by Gasteiger charge is -2.47. The van der Waals surface area contributed by atoms with E-state index in [0.717, 1.165) is 0 Å². The summed E-state index contributed by atoms with van der Waals surface area (Å²) in [5.74, 6) is -42.5. The second-order valence-corrected chi connectivity index (χ2v) is 20.2. The number of Topliss-reactive ketones (excluding diaryl/α,β-unsaturated/α-hetero) is 1. The quantitative estimate of drug-likeness (QED) is 0.0340. The number of hydrogen-bond donors (Lipinski definition) is 16. The van der Waals surface area contributed by atoms with Crippen molar-refractivity contribution in [3.05, 3.63) is 84.2 Å². The van der Waals surface area contributed by atoms with Crippen LogP contribution in [0.1, 0.15) is 58.5 Å². The van der Waals surface area contributed by atoms with Crippen molar-refractivity contribution in [3.63, 3.8) is 0 Å². The fourth-order valence-electron chi connectivity index (χ4n) is 12.5. The molecule has 436 valence electrons. The molecule has 16 N–H and O–H groups in total. The van der Waals surface area contributed by atoms with E-state index in [1.807, 2.05) is 0 Å². The molecule has 32 heteroatoms. The zero-order chi connectivity index (χ0) is 61.4. The van der Waals surface area contributed by atoms with E-state index >= 15 is 24.0 Å². The molecule has 7 atom stereocenters. The third-order valence-electron chi connectivity index (χ3n) is 16.1. The summed E-state index contributed by atoms with van der Waals surface area (Å²) in [4.78, 5) is 120. The van der Waals surface area contributed by atoms with Crippen molar-refractivity contribution in [2.24, 2.45) is 5.92 Å². The Morgan fingerprint density at radius 1 is 0.419 bits per heavy atom. The molecule has 1 saturated heterocycles. The first-order valence-corrected chi connectivity index (χ1v) is 24.4. The van der Waals surface area contributed by atoms with Crippen molar-refractivity contribution in [1.29, 1.82) is 0 Å². The Morgan fingerprint density at radius 2 is 0.919 bits per heavy atom. The lowest BCUT2D eigenvalue weighted by atomic mass is 9.66. The molecule has 2 aromatic heterocycles. The first-order chi connectivity index (χ1) is 40.6. The van der Waals surface area contributed by atoms with Gasteiger partial charge in [-0.2, -0.15) is 0 Å². The molecule has 1 fully saturated rings.